The maximum atomic E-state index is 14.3. The van der Waals surface area contributed by atoms with Gasteiger partial charge in [0.05, 0.1) is 0 Å². The van der Waals surface area contributed by atoms with Crippen molar-refractivity contribution in [2.75, 3.05) is 0 Å². The molecule has 0 amide bonds. The van der Waals surface area contributed by atoms with Crippen LogP contribution >= 0.6 is 10.9 Å². The highest BCUT2D eigenvalue weighted by Gasteiger charge is 2.23. The van der Waals surface area contributed by atoms with Gasteiger partial charge in [0.15, 0.2) is 11.6 Å². The number of hydrogen-bond acceptors (Lipinski definition) is 0. The highest BCUT2D eigenvalue weighted by atomic mass is 32.2. The molecule has 0 atom stereocenters. The highest BCUT2D eigenvalue weighted by molar-refractivity contribution is 8.17. The van der Waals surface area contributed by atoms with Crippen LogP contribution in [0.25, 0.3) is 0 Å². The van der Waals surface area contributed by atoms with Gasteiger partial charge in [0, 0.05) is 32.9 Å². The fraction of sp³-hybridized carbons (Fsp3) is 0. The van der Waals surface area contributed by atoms with Gasteiger partial charge in [0.1, 0.15) is 29.1 Å². The lowest BCUT2D eigenvalue weighted by atomic mass is 10.3. The Kier molecular flexibility index (Phi) is 4.95. The predicted molar refractivity (Wildman–Crippen MR) is 82.8 cm³/mol. The Bertz CT molecular complexity index is 896. The summed E-state index contributed by atoms with van der Waals surface area (Å²) in [5, 5.41) is 0. The number of hydrogen-bond donors (Lipinski definition) is 1. The van der Waals surface area contributed by atoms with Crippen molar-refractivity contribution in [3.8, 4) is 0 Å². The molecule has 0 spiro atoms. The standard InChI is InChI=1S/C18H9F7S/c19-9-1-10(20)4-14(3-9)26(15-5-11(21)2-12(22)6-15)17-8-13(23)7-16(24)18(17)25/h1-8,26H. The van der Waals surface area contributed by atoms with Gasteiger partial charge in [-0.1, -0.05) is 0 Å². The van der Waals surface area contributed by atoms with Gasteiger partial charge in [0.25, 0.3) is 0 Å². The summed E-state index contributed by atoms with van der Waals surface area (Å²) in [6.45, 7) is 0. The molecule has 0 fully saturated rings. The van der Waals surface area contributed by atoms with Gasteiger partial charge in [-0.25, -0.2) is 30.7 Å². The van der Waals surface area contributed by atoms with Crippen LogP contribution in [0.4, 0.5) is 30.7 Å². The molecule has 0 aliphatic rings. The quantitative estimate of drug-likeness (QED) is 0.310. The topological polar surface area (TPSA) is 0 Å². The first-order chi connectivity index (χ1) is 12.2. The van der Waals surface area contributed by atoms with Crippen molar-refractivity contribution in [3.05, 3.63) is 89.3 Å². The molecule has 8 heteroatoms. The maximum Gasteiger partial charge on any atom is 0.171 e. The van der Waals surface area contributed by atoms with Gasteiger partial charge < -0.3 is 0 Å². The van der Waals surface area contributed by atoms with Crippen LogP contribution in [0.3, 0.4) is 0 Å². The fourth-order valence-electron chi connectivity index (χ4n) is 2.47. The molecule has 0 aliphatic heterocycles. The van der Waals surface area contributed by atoms with Crippen molar-refractivity contribution in [1.29, 1.82) is 0 Å². The van der Waals surface area contributed by atoms with Crippen molar-refractivity contribution in [3.63, 3.8) is 0 Å². The van der Waals surface area contributed by atoms with E-state index in [1.54, 1.807) is 0 Å². The zero-order chi connectivity index (χ0) is 19.0. The summed E-state index contributed by atoms with van der Waals surface area (Å²) in [6.07, 6.45) is 0. The zero-order valence-electron chi connectivity index (χ0n) is 12.7. The molecule has 0 aliphatic carbocycles. The highest BCUT2D eigenvalue weighted by Crippen LogP contribution is 2.53. The van der Waals surface area contributed by atoms with Crippen LogP contribution in [0.2, 0.25) is 0 Å². The lowest BCUT2D eigenvalue weighted by Gasteiger charge is -2.24. The third-order valence-corrected chi connectivity index (χ3v) is 5.78. The Morgan fingerprint density at radius 2 is 0.846 bits per heavy atom. The average Bonchev–Trinajstić information content (AvgIpc) is 2.50. The molecule has 0 nitrogen and oxygen atoms in total. The number of thiol groups is 1. The second-order valence-electron chi connectivity index (χ2n) is 5.31. The van der Waals surface area contributed by atoms with E-state index in [1.165, 1.54) is 0 Å². The molecule has 136 valence electrons. The molecule has 0 saturated carbocycles. The Hall–Kier alpha value is -2.48. The van der Waals surface area contributed by atoms with E-state index in [9.17, 15) is 30.7 Å². The van der Waals surface area contributed by atoms with E-state index in [2.05, 4.69) is 0 Å². The third kappa shape index (κ3) is 3.70. The predicted octanol–water partition coefficient (Wildman–Crippen LogP) is 6.14. The minimum absolute atomic E-state index is 0.202. The van der Waals surface area contributed by atoms with E-state index in [4.69, 9.17) is 0 Å². The second kappa shape index (κ2) is 7.03. The number of benzene rings is 3. The molecule has 3 rings (SSSR count). The third-order valence-electron chi connectivity index (χ3n) is 3.43. The van der Waals surface area contributed by atoms with Gasteiger partial charge in [-0.3, -0.25) is 0 Å². The van der Waals surface area contributed by atoms with Crippen LogP contribution in [0.1, 0.15) is 0 Å². The number of rotatable bonds is 3. The van der Waals surface area contributed by atoms with E-state index < -0.39 is 56.5 Å². The fourth-order valence-corrected chi connectivity index (χ4v) is 4.89. The molecule has 26 heavy (non-hydrogen) atoms. The van der Waals surface area contributed by atoms with Gasteiger partial charge in [0.2, 0.25) is 0 Å². The van der Waals surface area contributed by atoms with Crippen molar-refractivity contribution in [2.24, 2.45) is 0 Å². The molecule has 0 bridgehead atoms. The molecule has 0 saturated heterocycles. The summed E-state index contributed by atoms with van der Waals surface area (Å²) in [7, 11) is -2.38. The van der Waals surface area contributed by atoms with Gasteiger partial charge in [-0.05, 0) is 30.3 Å². The normalized spacial score (nSPS) is 11.6. The van der Waals surface area contributed by atoms with Crippen LogP contribution in [-0.4, -0.2) is 0 Å². The molecule has 0 radical (unpaired) electrons. The first-order valence-electron chi connectivity index (χ1n) is 7.11. The van der Waals surface area contributed by atoms with Crippen molar-refractivity contribution >= 4 is 10.9 Å². The summed E-state index contributed by atoms with van der Waals surface area (Å²) < 4.78 is 96.0. The average molecular weight is 390 g/mol. The van der Waals surface area contributed by atoms with Crippen molar-refractivity contribution < 1.29 is 30.7 Å². The van der Waals surface area contributed by atoms with Crippen molar-refractivity contribution in [2.45, 2.75) is 14.7 Å². The molecule has 0 N–H and O–H groups in total. The molecule has 0 unspecified atom stereocenters. The second-order valence-corrected chi connectivity index (χ2v) is 7.50. The molecule has 3 aromatic carbocycles. The smallest absolute Gasteiger partial charge is 0.171 e. The minimum Gasteiger partial charge on any atom is -0.207 e. The summed E-state index contributed by atoms with van der Waals surface area (Å²) in [6, 6.07) is 5.30. The first kappa shape index (κ1) is 18.3. The molecule has 0 heterocycles. The summed E-state index contributed by atoms with van der Waals surface area (Å²) in [5.74, 6) is -8.24. The van der Waals surface area contributed by atoms with E-state index in [1.807, 2.05) is 0 Å². The summed E-state index contributed by atoms with van der Waals surface area (Å²) >= 11 is 0. The van der Waals surface area contributed by atoms with Gasteiger partial charge in [-0.2, -0.15) is 10.9 Å². The van der Waals surface area contributed by atoms with Crippen LogP contribution in [0, 0.1) is 40.7 Å². The summed E-state index contributed by atoms with van der Waals surface area (Å²) in [4.78, 5) is -0.995. The Labute approximate surface area is 146 Å². The molecular weight excluding hydrogens is 381 g/mol. The van der Waals surface area contributed by atoms with E-state index in [0.717, 1.165) is 24.3 Å². The lowest BCUT2D eigenvalue weighted by Crippen LogP contribution is -1.99. The van der Waals surface area contributed by atoms with Gasteiger partial charge in [-0.15, -0.1) is 0 Å². The van der Waals surface area contributed by atoms with E-state index in [-0.39, 0.29) is 9.79 Å². The zero-order valence-corrected chi connectivity index (χ0v) is 13.6. The largest absolute Gasteiger partial charge is 0.207 e. The van der Waals surface area contributed by atoms with E-state index >= 15 is 0 Å². The Morgan fingerprint density at radius 1 is 0.462 bits per heavy atom. The van der Waals surface area contributed by atoms with Crippen LogP contribution < -0.4 is 0 Å². The lowest BCUT2D eigenvalue weighted by molar-refractivity contribution is 0.476. The van der Waals surface area contributed by atoms with Crippen LogP contribution in [0.5, 0.6) is 0 Å². The summed E-state index contributed by atoms with van der Waals surface area (Å²) in [5.41, 5.74) is 0. The first-order valence-corrected chi connectivity index (χ1v) is 8.45. The molecule has 0 aromatic heterocycles. The van der Waals surface area contributed by atoms with Crippen molar-refractivity contribution in [1.82, 2.24) is 0 Å². The minimum atomic E-state index is -2.38. The van der Waals surface area contributed by atoms with Crippen LogP contribution in [-0.2, 0) is 0 Å². The van der Waals surface area contributed by atoms with E-state index in [0.29, 0.717) is 24.3 Å². The Morgan fingerprint density at radius 3 is 1.27 bits per heavy atom. The number of halogens is 7. The van der Waals surface area contributed by atoms with Crippen LogP contribution in [0.15, 0.2) is 63.2 Å². The Balaban J connectivity index is 2.33. The monoisotopic (exact) mass is 390 g/mol. The maximum absolute atomic E-state index is 14.3. The molecule has 3 aromatic rings. The SMILES string of the molecule is Fc1cc(F)cc([SH](c2cc(F)cc(F)c2)c2cc(F)cc(F)c2F)c1. The van der Waals surface area contributed by atoms with Gasteiger partial charge >= 0.3 is 0 Å². The molecular formula is C18H9F7S.